The van der Waals surface area contributed by atoms with E-state index in [1.807, 2.05) is 32.9 Å². The lowest BCUT2D eigenvalue weighted by Gasteiger charge is -2.37. The Balaban J connectivity index is 1.55. The van der Waals surface area contributed by atoms with Crippen molar-refractivity contribution in [3.63, 3.8) is 0 Å². The van der Waals surface area contributed by atoms with Gasteiger partial charge in [0.15, 0.2) is 0 Å². The molecule has 0 aliphatic carbocycles. The summed E-state index contributed by atoms with van der Waals surface area (Å²) >= 11 is 0. The number of carbonyl (C=O) groups is 1. The number of H-pyrrole nitrogens is 1. The molecule has 34 heavy (non-hydrogen) atoms. The van der Waals surface area contributed by atoms with Crippen LogP contribution in [-0.4, -0.2) is 41.4 Å². The number of hydrogen-bond acceptors (Lipinski definition) is 6. The molecule has 2 aromatic heterocycles. The molecule has 3 N–H and O–H groups in total. The van der Waals surface area contributed by atoms with Crippen LogP contribution in [0.15, 0.2) is 53.9 Å². The molecule has 1 atom stereocenters. The number of hydrogen-bond donors (Lipinski definition) is 3. The van der Waals surface area contributed by atoms with E-state index < -0.39 is 21.7 Å². The Hall–Kier alpha value is -3.24. The zero-order chi connectivity index (χ0) is 24.3. The third-order valence-corrected chi connectivity index (χ3v) is 7.25. The number of fused-ring (bicyclic) bond motifs is 1. The van der Waals surface area contributed by atoms with E-state index in [9.17, 15) is 13.2 Å². The van der Waals surface area contributed by atoms with Gasteiger partial charge in [0.1, 0.15) is 5.60 Å². The number of pyridine rings is 1. The molecule has 0 unspecified atom stereocenters. The van der Waals surface area contributed by atoms with Crippen LogP contribution < -0.4 is 14.8 Å². The Morgan fingerprint density at radius 2 is 2.00 bits per heavy atom. The topological polar surface area (TPSA) is 126 Å². The highest BCUT2D eigenvalue weighted by atomic mass is 32.2. The molecule has 0 spiro atoms. The number of aryl methyl sites for hydroxylation is 1. The molecule has 3 heterocycles. The van der Waals surface area contributed by atoms with Crippen LogP contribution in [0.2, 0.25) is 0 Å². The Labute approximate surface area is 199 Å². The molecule has 4 rings (SSSR count). The molecule has 1 amide bonds. The summed E-state index contributed by atoms with van der Waals surface area (Å²) in [5, 5.41) is 2.85. The van der Waals surface area contributed by atoms with E-state index >= 15 is 0 Å². The van der Waals surface area contributed by atoms with Gasteiger partial charge in [-0.3, -0.25) is 4.79 Å². The summed E-state index contributed by atoms with van der Waals surface area (Å²) < 4.78 is 35.0. The number of benzene rings is 1. The standard InChI is InChI=1S/C24H29N5O4S/c1-4-16-5-7-19(8-6-16)34(31,32)29-21-12-24(2,3)33-23-20(21)11-17(13-27-23)22(30)26-10-9-18-14-25-15-28-18/h5-8,11,13-15,21,29H,4,9-10,12H2,1-3H3,(H,25,28)(H,26,30)/t21-/m0/s1. The van der Waals surface area contributed by atoms with Gasteiger partial charge in [0.2, 0.25) is 15.9 Å². The maximum absolute atomic E-state index is 13.1. The number of imidazole rings is 1. The maximum atomic E-state index is 13.1. The van der Waals surface area contributed by atoms with Crippen LogP contribution in [0, 0.1) is 0 Å². The molecule has 3 aromatic rings. The Kier molecular flexibility index (Phi) is 6.72. The zero-order valence-electron chi connectivity index (χ0n) is 19.5. The summed E-state index contributed by atoms with van der Waals surface area (Å²) in [5.41, 5.74) is 2.22. The van der Waals surface area contributed by atoms with Gasteiger partial charge in [0, 0.05) is 43.0 Å². The van der Waals surface area contributed by atoms with Gasteiger partial charge in [-0.15, -0.1) is 0 Å². The second kappa shape index (κ2) is 9.55. The van der Waals surface area contributed by atoms with Gasteiger partial charge >= 0.3 is 0 Å². The van der Waals surface area contributed by atoms with E-state index in [0.717, 1.165) is 17.7 Å². The molecule has 0 radical (unpaired) electrons. The van der Waals surface area contributed by atoms with Gasteiger partial charge in [-0.25, -0.2) is 23.1 Å². The Morgan fingerprint density at radius 3 is 2.68 bits per heavy atom. The quantitative estimate of drug-likeness (QED) is 0.452. The maximum Gasteiger partial charge on any atom is 0.252 e. The third-order valence-electron chi connectivity index (χ3n) is 5.76. The number of nitrogens with zero attached hydrogens (tertiary/aromatic N) is 2. The predicted molar refractivity (Wildman–Crippen MR) is 127 cm³/mol. The van der Waals surface area contributed by atoms with Crippen LogP contribution in [0.4, 0.5) is 0 Å². The molecular formula is C24H29N5O4S. The fourth-order valence-corrected chi connectivity index (χ4v) is 5.15. The van der Waals surface area contributed by atoms with Crippen molar-refractivity contribution in [3.05, 3.63) is 71.4 Å². The van der Waals surface area contributed by atoms with Gasteiger partial charge in [0.25, 0.3) is 5.91 Å². The molecule has 10 heteroatoms. The minimum Gasteiger partial charge on any atom is -0.471 e. The van der Waals surface area contributed by atoms with Crippen LogP contribution in [0.3, 0.4) is 0 Å². The zero-order valence-corrected chi connectivity index (χ0v) is 20.3. The summed E-state index contributed by atoms with van der Waals surface area (Å²) in [5.74, 6) is 0.0238. The van der Waals surface area contributed by atoms with Crippen LogP contribution in [-0.2, 0) is 22.9 Å². The summed E-state index contributed by atoms with van der Waals surface area (Å²) in [4.78, 5) is 24.2. The van der Waals surface area contributed by atoms with Crippen molar-refractivity contribution in [3.8, 4) is 5.88 Å². The monoisotopic (exact) mass is 483 g/mol. The number of amides is 1. The predicted octanol–water partition coefficient (Wildman–Crippen LogP) is 2.92. The number of sulfonamides is 1. The van der Waals surface area contributed by atoms with Crippen molar-refractivity contribution in [2.24, 2.45) is 0 Å². The van der Waals surface area contributed by atoms with Gasteiger partial charge < -0.3 is 15.0 Å². The lowest BCUT2D eigenvalue weighted by Crippen LogP contribution is -2.41. The van der Waals surface area contributed by atoms with E-state index in [2.05, 4.69) is 25.0 Å². The molecule has 0 saturated heterocycles. The number of aromatic nitrogens is 3. The number of aromatic amines is 1. The second-order valence-electron chi connectivity index (χ2n) is 8.94. The normalized spacial score (nSPS) is 17.0. The molecule has 0 bridgehead atoms. The molecule has 180 valence electrons. The highest BCUT2D eigenvalue weighted by molar-refractivity contribution is 7.89. The van der Waals surface area contributed by atoms with E-state index in [4.69, 9.17) is 4.74 Å². The summed E-state index contributed by atoms with van der Waals surface area (Å²) in [6.45, 7) is 6.20. The van der Waals surface area contributed by atoms with Gasteiger partial charge in [-0.2, -0.15) is 0 Å². The van der Waals surface area contributed by atoms with E-state index in [1.54, 1.807) is 30.7 Å². The van der Waals surface area contributed by atoms with Gasteiger partial charge in [-0.1, -0.05) is 19.1 Å². The van der Waals surface area contributed by atoms with Crippen LogP contribution >= 0.6 is 0 Å². The van der Waals surface area contributed by atoms with E-state index in [0.29, 0.717) is 36.4 Å². The van der Waals surface area contributed by atoms with Crippen molar-refractivity contribution in [1.82, 2.24) is 25.0 Å². The van der Waals surface area contributed by atoms with Crippen LogP contribution in [0.1, 0.15) is 60.4 Å². The minimum atomic E-state index is -3.79. The Morgan fingerprint density at radius 1 is 1.24 bits per heavy atom. The second-order valence-corrected chi connectivity index (χ2v) is 10.7. The van der Waals surface area contributed by atoms with Crippen LogP contribution in [0.5, 0.6) is 5.88 Å². The average Bonchev–Trinajstić information content (AvgIpc) is 3.31. The van der Waals surface area contributed by atoms with Gasteiger partial charge in [-0.05, 0) is 44.0 Å². The molecule has 9 nitrogen and oxygen atoms in total. The first-order valence-corrected chi connectivity index (χ1v) is 12.7. The fourth-order valence-electron chi connectivity index (χ4n) is 3.93. The number of carbonyl (C=O) groups excluding carboxylic acids is 1. The molecular weight excluding hydrogens is 454 g/mol. The summed E-state index contributed by atoms with van der Waals surface area (Å²) in [7, 11) is -3.79. The average molecular weight is 484 g/mol. The first kappa shape index (κ1) is 23.9. The summed E-state index contributed by atoms with van der Waals surface area (Å²) in [6.07, 6.45) is 6.57. The molecule has 1 aromatic carbocycles. The lowest BCUT2D eigenvalue weighted by molar-refractivity contribution is 0.0640. The van der Waals surface area contributed by atoms with Crippen molar-refractivity contribution in [1.29, 1.82) is 0 Å². The van der Waals surface area contributed by atoms with E-state index in [-0.39, 0.29) is 10.8 Å². The minimum absolute atomic E-state index is 0.191. The van der Waals surface area contributed by atoms with Gasteiger partial charge in [0.05, 0.1) is 22.8 Å². The molecule has 1 aliphatic rings. The summed E-state index contributed by atoms with van der Waals surface area (Å²) in [6, 6.07) is 7.88. The van der Waals surface area contributed by atoms with Crippen molar-refractivity contribution in [2.45, 2.75) is 56.6 Å². The fraction of sp³-hybridized carbons (Fsp3) is 0.375. The molecule has 1 aliphatic heterocycles. The molecule has 0 saturated carbocycles. The van der Waals surface area contributed by atoms with Crippen molar-refractivity contribution in [2.75, 3.05) is 6.54 Å². The largest absolute Gasteiger partial charge is 0.471 e. The third kappa shape index (κ3) is 5.45. The number of ether oxygens (including phenoxy) is 1. The Bertz CT molecular complexity index is 1260. The number of nitrogens with one attached hydrogen (secondary N) is 3. The highest BCUT2D eigenvalue weighted by Gasteiger charge is 2.37. The first-order valence-electron chi connectivity index (χ1n) is 11.2. The van der Waals surface area contributed by atoms with Crippen molar-refractivity contribution < 1.29 is 17.9 Å². The smallest absolute Gasteiger partial charge is 0.252 e. The van der Waals surface area contributed by atoms with Crippen molar-refractivity contribution >= 4 is 15.9 Å². The highest BCUT2D eigenvalue weighted by Crippen LogP contribution is 2.39. The lowest BCUT2D eigenvalue weighted by atomic mass is 9.91. The number of rotatable bonds is 8. The van der Waals surface area contributed by atoms with Crippen LogP contribution in [0.25, 0.3) is 0 Å². The molecule has 0 fully saturated rings. The van der Waals surface area contributed by atoms with E-state index in [1.165, 1.54) is 6.20 Å². The SMILES string of the molecule is CCc1ccc(S(=O)(=O)N[C@H]2CC(C)(C)Oc3ncc(C(=O)NCCc4cnc[nH]4)cc32)cc1. The first-order chi connectivity index (χ1) is 16.2.